The molecule has 0 bridgehead atoms. The van der Waals surface area contributed by atoms with Crippen LogP contribution in [-0.4, -0.2) is 35.1 Å². The van der Waals surface area contributed by atoms with Crippen LogP contribution in [0.5, 0.6) is 0 Å². The Hall–Kier alpha value is -1.39. The predicted molar refractivity (Wildman–Crippen MR) is 74.8 cm³/mol. The van der Waals surface area contributed by atoms with Gasteiger partial charge in [-0.05, 0) is 23.5 Å². The molecule has 19 heavy (non-hydrogen) atoms. The third-order valence-corrected chi connectivity index (χ3v) is 3.62. The minimum Gasteiger partial charge on any atom is -0.481 e. The maximum Gasteiger partial charge on any atom is 0.307 e. The molecule has 3 N–H and O–H groups in total. The van der Waals surface area contributed by atoms with Crippen LogP contribution in [0, 0.1) is 5.92 Å². The molecule has 2 atom stereocenters. The number of carboxylic acid groups (broad SMARTS) is 1. The normalized spacial score (nSPS) is 24.3. The van der Waals surface area contributed by atoms with E-state index in [9.17, 15) is 4.79 Å². The smallest absolute Gasteiger partial charge is 0.307 e. The number of aliphatic carboxylic acids is 1. The van der Waals surface area contributed by atoms with Crippen LogP contribution in [0.2, 0.25) is 0 Å². The molecule has 1 aromatic carbocycles. The van der Waals surface area contributed by atoms with Crippen LogP contribution in [0.25, 0.3) is 0 Å². The van der Waals surface area contributed by atoms with E-state index in [2.05, 4.69) is 11.8 Å². The summed E-state index contributed by atoms with van der Waals surface area (Å²) in [5.74, 6) is -0.174. The lowest BCUT2D eigenvalue weighted by atomic mass is 9.95. The first-order valence-corrected chi connectivity index (χ1v) is 6.81. The van der Waals surface area contributed by atoms with Gasteiger partial charge in [-0.25, -0.2) is 0 Å². The third kappa shape index (κ3) is 4.04. The molecule has 1 heterocycles. The Morgan fingerprint density at radius 1 is 1.37 bits per heavy atom. The highest BCUT2D eigenvalue weighted by atomic mass is 16.4. The first-order valence-electron chi connectivity index (χ1n) is 6.81. The minimum absolute atomic E-state index is 0.0889. The second kappa shape index (κ2) is 6.17. The summed E-state index contributed by atoms with van der Waals surface area (Å²) < 4.78 is 0. The predicted octanol–water partition coefficient (Wildman–Crippen LogP) is 1.48. The van der Waals surface area contributed by atoms with Gasteiger partial charge in [0.15, 0.2) is 0 Å². The molecule has 1 saturated heterocycles. The Labute approximate surface area is 114 Å². The summed E-state index contributed by atoms with van der Waals surface area (Å²) in [7, 11) is 0. The van der Waals surface area contributed by atoms with E-state index in [0.717, 1.165) is 37.2 Å². The van der Waals surface area contributed by atoms with Crippen LogP contribution < -0.4 is 5.73 Å². The van der Waals surface area contributed by atoms with E-state index in [4.69, 9.17) is 10.8 Å². The standard InChI is InChI=1S/C15H22N2O2/c1-11-6-14(16)10-17(8-11)9-13-5-3-2-4-12(13)7-15(18)19/h2-5,11,14H,6-10,16H2,1H3,(H,18,19). The highest BCUT2D eigenvalue weighted by Gasteiger charge is 2.22. The molecule has 1 fully saturated rings. The van der Waals surface area contributed by atoms with Crippen LogP contribution >= 0.6 is 0 Å². The maximum absolute atomic E-state index is 10.9. The molecule has 1 aliphatic heterocycles. The second-order valence-electron chi connectivity index (χ2n) is 5.63. The first kappa shape index (κ1) is 14.0. The minimum atomic E-state index is -0.781. The molecule has 2 rings (SSSR count). The molecule has 0 amide bonds. The van der Waals surface area contributed by atoms with E-state index in [0.29, 0.717) is 5.92 Å². The van der Waals surface area contributed by atoms with Crippen molar-refractivity contribution in [2.75, 3.05) is 13.1 Å². The van der Waals surface area contributed by atoms with Crippen molar-refractivity contribution in [1.82, 2.24) is 4.90 Å². The van der Waals surface area contributed by atoms with Gasteiger partial charge in [0, 0.05) is 25.7 Å². The number of hydrogen-bond donors (Lipinski definition) is 2. The molecule has 0 radical (unpaired) electrons. The fraction of sp³-hybridized carbons (Fsp3) is 0.533. The number of carbonyl (C=O) groups is 1. The van der Waals surface area contributed by atoms with Crippen molar-refractivity contribution < 1.29 is 9.90 Å². The number of likely N-dealkylation sites (tertiary alicyclic amines) is 1. The van der Waals surface area contributed by atoms with E-state index >= 15 is 0 Å². The number of carboxylic acids is 1. The first-order chi connectivity index (χ1) is 9.04. The van der Waals surface area contributed by atoms with Crippen molar-refractivity contribution >= 4 is 5.97 Å². The van der Waals surface area contributed by atoms with Gasteiger partial charge in [-0.1, -0.05) is 31.2 Å². The highest BCUT2D eigenvalue weighted by Crippen LogP contribution is 2.19. The van der Waals surface area contributed by atoms with E-state index in [-0.39, 0.29) is 12.5 Å². The summed E-state index contributed by atoms with van der Waals surface area (Å²) >= 11 is 0. The van der Waals surface area contributed by atoms with Gasteiger partial charge in [0.2, 0.25) is 0 Å². The van der Waals surface area contributed by atoms with Crippen LogP contribution in [0.1, 0.15) is 24.5 Å². The molecule has 1 aliphatic rings. The maximum atomic E-state index is 10.9. The quantitative estimate of drug-likeness (QED) is 0.862. The Balaban J connectivity index is 2.07. The average Bonchev–Trinajstić information content (AvgIpc) is 2.29. The van der Waals surface area contributed by atoms with Gasteiger partial charge in [-0.3, -0.25) is 9.69 Å². The van der Waals surface area contributed by atoms with Gasteiger partial charge in [0.05, 0.1) is 6.42 Å². The molecule has 1 aromatic rings. The van der Waals surface area contributed by atoms with E-state index in [1.54, 1.807) is 0 Å². The molecule has 4 nitrogen and oxygen atoms in total. The van der Waals surface area contributed by atoms with Crippen LogP contribution in [-0.2, 0) is 17.8 Å². The zero-order valence-corrected chi connectivity index (χ0v) is 11.4. The number of nitrogens with two attached hydrogens (primary N) is 1. The average molecular weight is 262 g/mol. The van der Waals surface area contributed by atoms with Gasteiger partial charge >= 0.3 is 5.97 Å². The van der Waals surface area contributed by atoms with Gasteiger partial charge in [0.1, 0.15) is 0 Å². The number of rotatable bonds is 4. The Bertz CT molecular complexity index is 438. The summed E-state index contributed by atoms with van der Waals surface area (Å²) in [4.78, 5) is 13.2. The molecular formula is C15H22N2O2. The third-order valence-electron chi connectivity index (χ3n) is 3.62. The topological polar surface area (TPSA) is 66.6 Å². The van der Waals surface area contributed by atoms with Gasteiger partial charge < -0.3 is 10.8 Å². The highest BCUT2D eigenvalue weighted by molar-refractivity contribution is 5.70. The van der Waals surface area contributed by atoms with Crippen molar-refractivity contribution in [1.29, 1.82) is 0 Å². The molecule has 104 valence electrons. The fourth-order valence-electron chi connectivity index (χ4n) is 2.93. The van der Waals surface area contributed by atoms with E-state index in [1.165, 1.54) is 0 Å². The lowest BCUT2D eigenvalue weighted by Gasteiger charge is -2.35. The number of piperidine rings is 1. The van der Waals surface area contributed by atoms with Gasteiger partial charge in [-0.15, -0.1) is 0 Å². The second-order valence-corrected chi connectivity index (χ2v) is 5.63. The molecule has 4 heteroatoms. The summed E-state index contributed by atoms with van der Waals surface area (Å²) in [5.41, 5.74) is 8.06. The van der Waals surface area contributed by atoms with Crippen molar-refractivity contribution in [3.8, 4) is 0 Å². The zero-order valence-electron chi connectivity index (χ0n) is 11.4. The molecule has 0 saturated carbocycles. The van der Waals surface area contributed by atoms with Crippen molar-refractivity contribution in [2.45, 2.75) is 32.4 Å². The SMILES string of the molecule is CC1CC(N)CN(Cc2ccccc2CC(=O)O)C1. The van der Waals surface area contributed by atoms with Crippen molar-refractivity contribution in [2.24, 2.45) is 11.7 Å². The van der Waals surface area contributed by atoms with Crippen molar-refractivity contribution in [3.63, 3.8) is 0 Å². The Kier molecular flexibility index (Phi) is 4.56. The molecule has 0 aliphatic carbocycles. The summed E-state index contributed by atoms with van der Waals surface area (Å²) in [6.45, 7) is 4.94. The summed E-state index contributed by atoms with van der Waals surface area (Å²) in [6, 6.07) is 8.01. The van der Waals surface area contributed by atoms with Crippen LogP contribution in [0.4, 0.5) is 0 Å². The Morgan fingerprint density at radius 3 is 2.68 bits per heavy atom. The number of hydrogen-bond acceptors (Lipinski definition) is 3. The lowest BCUT2D eigenvalue weighted by molar-refractivity contribution is -0.136. The van der Waals surface area contributed by atoms with Gasteiger partial charge in [-0.2, -0.15) is 0 Å². The monoisotopic (exact) mass is 262 g/mol. The number of nitrogens with zero attached hydrogens (tertiary/aromatic N) is 1. The summed E-state index contributed by atoms with van der Waals surface area (Å²) in [6.07, 6.45) is 1.17. The summed E-state index contributed by atoms with van der Waals surface area (Å²) in [5, 5.41) is 8.95. The van der Waals surface area contributed by atoms with Gasteiger partial charge in [0.25, 0.3) is 0 Å². The zero-order chi connectivity index (χ0) is 13.8. The Morgan fingerprint density at radius 2 is 2.05 bits per heavy atom. The molecular weight excluding hydrogens is 240 g/mol. The largest absolute Gasteiger partial charge is 0.481 e. The molecule has 2 unspecified atom stereocenters. The van der Waals surface area contributed by atoms with E-state index in [1.807, 2.05) is 24.3 Å². The molecule has 0 spiro atoms. The van der Waals surface area contributed by atoms with Crippen LogP contribution in [0.3, 0.4) is 0 Å². The molecule has 0 aromatic heterocycles. The van der Waals surface area contributed by atoms with Crippen molar-refractivity contribution in [3.05, 3.63) is 35.4 Å². The lowest BCUT2D eigenvalue weighted by Crippen LogP contribution is -2.45. The van der Waals surface area contributed by atoms with E-state index < -0.39 is 5.97 Å². The number of benzene rings is 1. The van der Waals surface area contributed by atoms with Crippen LogP contribution in [0.15, 0.2) is 24.3 Å². The fourth-order valence-corrected chi connectivity index (χ4v) is 2.93.